The zero-order valence-corrected chi connectivity index (χ0v) is 11.2. The Kier molecular flexibility index (Phi) is 3.43. The zero-order valence-electron chi connectivity index (χ0n) is 10.5. The van der Waals surface area contributed by atoms with E-state index in [1.807, 2.05) is 24.3 Å². The van der Waals surface area contributed by atoms with Gasteiger partial charge in [-0.05, 0) is 18.2 Å². The molecule has 0 fully saturated rings. The molecule has 1 atom stereocenters. The normalized spacial score (nSPS) is 16.6. The van der Waals surface area contributed by atoms with Crippen molar-refractivity contribution < 1.29 is 9.53 Å². The second kappa shape index (κ2) is 5.38. The number of anilines is 2. The summed E-state index contributed by atoms with van der Waals surface area (Å²) < 4.78 is 5.67. The first-order valence-electron chi connectivity index (χ1n) is 6.14. The molecule has 0 saturated heterocycles. The number of amides is 1. The average Bonchev–Trinajstić information content (AvgIpc) is 2.49. The maximum Gasteiger partial charge on any atom is 0.267 e. The SMILES string of the molecule is O=C(Nc1cnccc1Cl)C1CNc2ccccc2O1. The van der Waals surface area contributed by atoms with E-state index in [4.69, 9.17) is 16.3 Å². The third-order valence-electron chi connectivity index (χ3n) is 2.95. The van der Waals surface area contributed by atoms with Crippen LogP contribution in [0.2, 0.25) is 5.02 Å². The van der Waals surface area contributed by atoms with Crippen LogP contribution < -0.4 is 15.4 Å². The van der Waals surface area contributed by atoms with Crippen molar-refractivity contribution in [3.8, 4) is 5.75 Å². The van der Waals surface area contributed by atoms with Crippen molar-refractivity contribution in [1.29, 1.82) is 0 Å². The van der Waals surface area contributed by atoms with Crippen molar-refractivity contribution in [3.05, 3.63) is 47.7 Å². The van der Waals surface area contributed by atoms with E-state index < -0.39 is 6.10 Å². The van der Waals surface area contributed by atoms with E-state index in [2.05, 4.69) is 15.6 Å². The fraction of sp³-hybridized carbons (Fsp3) is 0.143. The lowest BCUT2D eigenvalue weighted by molar-refractivity contribution is -0.122. The van der Waals surface area contributed by atoms with Gasteiger partial charge < -0.3 is 15.4 Å². The summed E-state index contributed by atoms with van der Waals surface area (Å²) in [6, 6.07) is 9.11. The molecule has 0 radical (unpaired) electrons. The Morgan fingerprint density at radius 3 is 3.10 bits per heavy atom. The lowest BCUT2D eigenvalue weighted by atomic mass is 10.2. The number of carbonyl (C=O) groups excluding carboxylic acids is 1. The van der Waals surface area contributed by atoms with E-state index >= 15 is 0 Å². The van der Waals surface area contributed by atoms with Crippen molar-refractivity contribution >= 4 is 28.9 Å². The number of para-hydroxylation sites is 2. The molecule has 1 unspecified atom stereocenters. The maximum atomic E-state index is 12.2. The summed E-state index contributed by atoms with van der Waals surface area (Å²) in [7, 11) is 0. The number of nitrogens with zero attached hydrogens (tertiary/aromatic N) is 1. The monoisotopic (exact) mass is 289 g/mol. The topological polar surface area (TPSA) is 63.2 Å². The number of carbonyl (C=O) groups is 1. The molecule has 0 spiro atoms. The standard InChI is InChI=1S/C14H12ClN3O2/c15-9-5-6-16-7-11(9)18-14(19)13-8-17-10-3-1-2-4-12(10)20-13/h1-7,13,17H,8H2,(H,18,19). The van der Waals surface area contributed by atoms with Crippen LogP contribution in [0.5, 0.6) is 5.75 Å². The summed E-state index contributed by atoms with van der Waals surface area (Å²) in [5, 5.41) is 6.31. The molecule has 2 N–H and O–H groups in total. The van der Waals surface area contributed by atoms with Crippen LogP contribution in [0.15, 0.2) is 42.7 Å². The van der Waals surface area contributed by atoms with Gasteiger partial charge in [0.05, 0.1) is 29.1 Å². The number of halogens is 1. The highest BCUT2D eigenvalue weighted by Crippen LogP contribution is 2.28. The summed E-state index contributed by atoms with van der Waals surface area (Å²) in [6.07, 6.45) is 2.46. The Bertz CT molecular complexity index is 648. The Labute approximate surface area is 120 Å². The fourth-order valence-electron chi connectivity index (χ4n) is 1.94. The van der Waals surface area contributed by atoms with E-state index in [9.17, 15) is 4.79 Å². The van der Waals surface area contributed by atoms with Crippen molar-refractivity contribution in [1.82, 2.24) is 4.98 Å². The predicted octanol–water partition coefficient (Wildman–Crippen LogP) is 2.55. The van der Waals surface area contributed by atoms with Gasteiger partial charge in [0, 0.05) is 6.20 Å². The highest BCUT2D eigenvalue weighted by atomic mass is 35.5. The number of fused-ring (bicyclic) bond motifs is 1. The molecule has 0 bridgehead atoms. The van der Waals surface area contributed by atoms with Crippen molar-refractivity contribution in [2.24, 2.45) is 0 Å². The van der Waals surface area contributed by atoms with Gasteiger partial charge in [0.25, 0.3) is 5.91 Å². The second-order valence-electron chi connectivity index (χ2n) is 4.33. The van der Waals surface area contributed by atoms with E-state index in [0.717, 1.165) is 5.69 Å². The molecule has 2 aromatic rings. The minimum absolute atomic E-state index is 0.262. The first kappa shape index (κ1) is 12.7. The number of ether oxygens (including phenoxy) is 1. The fourth-order valence-corrected chi connectivity index (χ4v) is 2.09. The second-order valence-corrected chi connectivity index (χ2v) is 4.74. The molecular weight excluding hydrogens is 278 g/mol. The first-order chi connectivity index (χ1) is 9.74. The Morgan fingerprint density at radius 1 is 1.40 bits per heavy atom. The van der Waals surface area contributed by atoms with Crippen molar-refractivity contribution in [3.63, 3.8) is 0 Å². The van der Waals surface area contributed by atoms with Crippen molar-refractivity contribution in [2.75, 3.05) is 17.2 Å². The molecule has 2 heterocycles. The third-order valence-corrected chi connectivity index (χ3v) is 3.28. The smallest absolute Gasteiger partial charge is 0.267 e. The Balaban J connectivity index is 1.72. The number of hydrogen-bond donors (Lipinski definition) is 2. The molecule has 1 amide bonds. The van der Waals surface area contributed by atoms with Gasteiger partial charge in [0.2, 0.25) is 0 Å². The predicted molar refractivity (Wildman–Crippen MR) is 77.2 cm³/mol. The summed E-state index contributed by atoms with van der Waals surface area (Å²) in [5.74, 6) is 0.401. The van der Waals surface area contributed by atoms with E-state index in [0.29, 0.717) is 23.0 Å². The number of rotatable bonds is 2. The molecule has 0 aliphatic carbocycles. The summed E-state index contributed by atoms with van der Waals surface area (Å²) in [6.45, 7) is 0.403. The molecule has 1 aromatic carbocycles. The molecule has 102 valence electrons. The van der Waals surface area contributed by atoms with Crippen LogP contribution in [0.3, 0.4) is 0 Å². The minimum Gasteiger partial charge on any atom is -0.477 e. The maximum absolute atomic E-state index is 12.2. The van der Waals surface area contributed by atoms with Gasteiger partial charge in [-0.1, -0.05) is 23.7 Å². The molecule has 20 heavy (non-hydrogen) atoms. The molecule has 1 aliphatic rings. The van der Waals surface area contributed by atoms with Crippen LogP contribution in [0.4, 0.5) is 11.4 Å². The summed E-state index contributed by atoms with van der Waals surface area (Å²) >= 11 is 5.98. The molecule has 3 rings (SSSR count). The number of aromatic nitrogens is 1. The number of hydrogen-bond acceptors (Lipinski definition) is 4. The molecular formula is C14H12ClN3O2. The number of benzene rings is 1. The van der Waals surface area contributed by atoms with Crippen LogP contribution in [-0.4, -0.2) is 23.5 Å². The van der Waals surface area contributed by atoms with Gasteiger partial charge in [-0.2, -0.15) is 0 Å². The lowest BCUT2D eigenvalue weighted by Crippen LogP contribution is -2.41. The van der Waals surface area contributed by atoms with Gasteiger partial charge in [-0.15, -0.1) is 0 Å². The number of pyridine rings is 1. The highest BCUT2D eigenvalue weighted by Gasteiger charge is 2.26. The quantitative estimate of drug-likeness (QED) is 0.892. The zero-order chi connectivity index (χ0) is 13.9. The van der Waals surface area contributed by atoms with Gasteiger partial charge in [-0.25, -0.2) is 0 Å². The molecule has 0 saturated carbocycles. The lowest BCUT2D eigenvalue weighted by Gasteiger charge is -2.26. The van der Waals surface area contributed by atoms with Crippen molar-refractivity contribution in [2.45, 2.75) is 6.10 Å². The number of nitrogens with one attached hydrogen (secondary N) is 2. The van der Waals surface area contributed by atoms with Crippen LogP contribution in [-0.2, 0) is 4.79 Å². The van der Waals surface area contributed by atoms with E-state index in [1.165, 1.54) is 6.20 Å². The molecule has 1 aliphatic heterocycles. The van der Waals surface area contributed by atoms with Gasteiger partial charge in [0.15, 0.2) is 6.10 Å². The minimum atomic E-state index is -0.610. The largest absolute Gasteiger partial charge is 0.477 e. The van der Waals surface area contributed by atoms with E-state index in [-0.39, 0.29) is 5.91 Å². The third kappa shape index (κ3) is 2.53. The van der Waals surface area contributed by atoms with Gasteiger partial charge >= 0.3 is 0 Å². The van der Waals surface area contributed by atoms with Crippen LogP contribution in [0.1, 0.15) is 0 Å². The van der Waals surface area contributed by atoms with Crippen LogP contribution in [0, 0.1) is 0 Å². The Morgan fingerprint density at radius 2 is 2.25 bits per heavy atom. The first-order valence-corrected chi connectivity index (χ1v) is 6.52. The van der Waals surface area contributed by atoms with Gasteiger partial charge in [-0.3, -0.25) is 9.78 Å². The van der Waals surface area contributed by atoms with E-state index in [1.54, 1.807) is 12.3 Å². The summed E-state index contributed by atoms with van der Waals surface area (Å²) in [5.41, 5.74) is 1.36. The average molecular weight is 290 g/mol. The summed E-state index contributed by atoms with van der Waals surface area (Å²) in [4.78, 5) is 16.1. The molecule has 6 heteroatoms. The highest BCUT2D eigenvalue weighted by molar-refractivity contribution is 6.33. The Hall–Kier alpha value is -2.27. The van der Waals surface area contributed by atoms with Crippen LogP contribution >= 0.6 is 11.6 Å². The van der Waals surface area contributed by atoms with Crippen LogP contribution in [0.25, 0.3) is 0 Å². The molecule has 5 nitrogen and oxygen atoms in total. The van der Waals surface area contributed by atoms with Gasteiger partial charge in [0.1, 0.15) is 5.75 Å². The molecule has 1 aromatic heterocycles.